The zero-order valence-electron chi connectivity index (χ0n) is 19.2. The molecule has 4 aromatic rings. The van der Waals surface area contributed by atoms with Gasteiger partial charge < -0.3 is 14.2 Å². The van der Waals surface area contributed by atoms with E-state index in [0.717, 1.165) is 33.6 Å². The Morgan fingerprint density at radius 2 is 1.44 bits per heavy atom. The normalized spacial score (nSPS) is 12.6. The summed E-state index contributed by atoms with van der Waals surface area (Å²) in [5, 5.41) is 14.4. The molecule has 0 amide bonds. The molecule has 0 saturated carbocycles. The van der Waals surface area contributed by atoms with Crippen molar-refractivity contribution >= 4 is 17.5 Å². The van der Waals surface area contributed by atoms with Crippen molar-refractivity contribution in [2.75, 3.05) is 27.1 Å². The van der Waals surface area contributed by atoms with Crippen LogP contribution in [0.1, 0.15) is 17.0 Å². The average Bonchev–Trinajstić information content (AvgIpc) is 3.30. The van der Waals surface area contributed by atoms with Gasteiger partial charge in [0.1, 0.15) is 0 Å². The highest BCUT2D eigenvalue weighted by atomic mass is 32.2. The number of hydrogen-bond donors (Lipinski definition) is 0. The van der Waals surface area contributed by atoms with Gasteiger partial charge in [-0.15, -0.1) is 10.2 Å². The van der Waals surface area contributed by atoms with Gasteiger partial charge in [-0.1, -0.05) is 66.4 Å². The van der Waals surface area contributed by atoms with Crippen LogP contribution in [0.3, 0.4) is 0 Å². The number of benzene rings is 3. The molecule has 1 aliphatic heterocycles. The maximum atomic E-state index is 5.49. The topological polar surface area (TPSA) is 70.8 Å². The quantitative estimate of drug-likeness (QED) is 0.380. The third-order valence-corrected chi connectivity index (χ3v) is 6.58. The number of rotatable bonds is 7. The molecule has 8 heteroatoms. The molecule has 5 rings (SSSR count). The maximum Gasteiger partial charge on any atom is 0.212 e. The molecule has 0 saturated heterocycles. The molecule has 34 heavy (non-hydrogen) atoms. The molecule has 3 aromatic carbocycles. The Morgan fingerprint density at radius 3 is 2.09 bits per heavy atom. The van der Waals surface area contributed by atoms with E-state index in [4.69, 9.17) is 19.3 Å². The van der Waals surface area contributed by atoms with E-state index in [2.05, 4.69) is 46.6 Å². The summed E-state index contributed by atoms with van der Waals surface area (Å²) < 4.78 is 18.2. The van der Waals surface area contributed by atoms with Gasteiger partial charge in [0.2, 0.25) is 10.9 Å². The Hall–Kier alpha value is -3.78. The Bertz CT molecular complexity index is 1310. The molecule has 7 nitrogen and oxygen atoms in total. The first kappa shape index (κ1) is 22.0. The second kappa shape index (κ2) is 9.61. The van der Waals surface area contributed by atoms with Gasteiger partial charge in [0.25, 0.3) is 0 Å². The number of aromatic nitrogens is 3. The number of thioether (sulfide) groups is 1. The first-order chi connectivity index (χ1) is 16.7. The van der Waals surface area contributed by atoms with Gasteiger partial charge in [0, 0.05) is 12.2 Å². The van der Waals surface area contributed by atoms with Gasteiger partial charge >= 0.3 is 0 Å². The largest absolute Gasteiger partial charge is 0.493 e. The van der Waals surface area contributed by atoms with Crippen molar-refractivity contribution in [1.82, 2.24) is 14.9 Å². The lowest BCUT2D eigenvalue weighted by atomic mass is 10.0. The highest BCUT2D eigenvalue weighted by Gasteiger charge is 2.21. The summed E-state index contributed by atoms with van der Waals surface area (Å²) in [6.45, 7) is 0. The smallest absolute Gasteiger partial charge is 0.212 e. The third-order valence-electron chi connectivity index (χ3n) is 5.65. The van der Waals surface area contributed by atoms with Crippen molar-refractivity contribution in [3.63, 3.8) is 0 Å². The van der Waals surface area contributed by atoms with Gasteiger partial charge in [0.05, 0.1) is 27.0 Å². The lowest BCUT2D eigenvalue weighted by Gasteiger charge is -2.16. The fourth-order valence-electron chi connectivity index (χ4n) is 3.93. The molecule has 172 valence electrons. The molecular weight excluding hydrogens is 448 g/mol. The fraction of sp³-hybridized carbons (Fsp3) is 0.192. The molecule has 1 aliphatic rings. The maximum absolute atomic E-state index is 5.49. The van der Waals surface area contributed by atoms with E-state index in [1.807, 2.05) is 35.0 Å². The van der Waals surface area contributed by atoms with Crippen LogP contribution in [0.2, 0.25) is 0 Å². The summed E-state index contributed by atoms with van der Waals surface area (Å²) in [7, 11) is 4.81. The summed E-state index contributed by atoms with van der Waals surface area (Å²) in [6.07, 6.45) is 0.522. The molecule has 0 N–H and O–H groups in total. The second-order valence-electron chi connectivity index (χ2n) is 7.70. The third kappa shape index (κ3) is 4.24. The van der Waals surface area contributed by atoms with Crippen molar-refractivity contribution in [1.29, 1.82) is 0 Å². The highest BCUT2D eigenvalue weighted by Crippen LogP contribution is 2.39. The summed E-state index contributed by atoms with van der Waals surface area (Å²) in [5.74, 6) is 3.26. The van der Waals surface area contributed by atoms with E-state index >= 15 is 0 Å². The fourth-order valence-corrected chi connectivity index (χ4v) is 4.78. The minimum Gasteiger partial charge on any atom is -0.493 e. The predicted octanol–water partition coefficient (Wildman–Crippen LogP) is 4.92. The van der Waals surface area contributed by atoms with Crippen LogP contribution in [0.4, 0.5) is 0 Å². The van der Waals surface area contributed by atoms with Gasteiger partial charge in [-0.2, -0.15) is 9.78 Å². The van der Waals surface area contributed by atoms with Crippen LogP contribution in [0.5, 0.6) is 17.2 Å². The van der Waals surface area contributed by atoms with E-state index in [-0.39, 0.29) is 0 Å². The molecule has 0 aliphatic carbocycles. The van der Waals surface area contributed by atoms with Gasteiger partial charge in [0.15, 0.2) is 17.3 Å². The Kier molecular flexibility index (Phi) is 6.22. The first-order valence-electron chi connectivity index (χ1n) is 10.8. The minimum absolute atomic E-state index is 0.522. The monoisotopic (exact) mass is 472 g/mol. The Morgan fingerprint density at radius 1 is 0.794 bits per heavy atom. The predicted molar refractivity (Wildman–Crippen MR) is 133 cm³/mol. The van der Waals surface area contributed by atoms with Crippen LogP contribution >= 0.6 is 11.8 Å². The van der Waals surface area contributed by atoms with Crippen molar-refractivity contribution in [3.05, 3.63) is 83.7 Å². The lowest BCUT2D eigenvalue weighted by molar-refractivity contribution is 0.324. The van der Waals surface area contributed by atoms with Crippen LogP contribution < -0.4 is 14.2 Å². The lowest BCUT2D eigenvalue weighted by Crippen LogP contribution is -2.14. The van der Waals surface area contributed by atoms with Crippen LogP contribution in [0.15, 0.2) is 77.0 Å². The van der Waals surface area contributed by atoms with Crippen molar-refractivity contribution in [2.24, 2.45) is 5.10 Å². The zero-order valence-corrected chi connectivity index (χ0v) is 20.0. The van der Waals surface area contributed by atoms with Crippen LogP contribution in [-0.2, 0) is 6.42 Å². The Labute approximate surface area is 202 Å². The molecule has 0 radical (unpaired) electrons. The Balaban J connectivity index is 1.43. The van der Waals surface area contributed by atoms with Crippen LogP contribution in [-0.4, -0.2) is 47.7 Å². The average molecular weight is 473 g/mol. The zero-order chi connectivity index (χ0) is 23.5. The highest BCUT2D eigenvalue weighted by molar-refractivity contribution is 7.99. The van der Waals surface area contributed by atoms with Crippen molar-refractivity contribution in [3.8, 4) is 28.4 Å². The summed E-state index contributed by atoms with van der Waals surface area (Å²) in [4.78, 5) is 0. The first-order valence-corrected chi connectivity index (χ1v) is 11.8. The molecule has 0 atom stereocenters. The van der Waals surface area contributed by atoms with Crippen LogP contribution in [0.25, 0.3) is 11.1 Å². The second-order valence-corrected chi connectivity index (χ2v) is 8.64. The van der Waals surface area contributed by atoms with Crippen molar-refractivity contribution < 1.29 is 14.2 Å². The van der Waals surface area contributed by atoms with E-state index in [0.29, 0.717) is 23.7 Å². The summed E-state index contributed by atoms with van der Waals surface area (Å²) >= 11 is 1.63. The molecular formula is C26H24N4O3S. The minimum atomic E-state index is 0.522. The number of methoxy groups -OCH3 is 3. The summed E-state index contributed by atoms with van der Waals surface area (Å²) in [6, 6.07) is 22.7. The SMILES string of the molecule is COc1cc(Cc2nnc3n2N=C(c2ccc(-c4ccccc4)cc2)CS3)cc(OC)c1OC. The van der Waals surface area contributed by atoms with E-state index in [1.54, 1.807) is 33.1 Å². The number of nitrogens with zero attached hydrogens (tertiary/aromatic N) is 4. The number of ether oxygens (including phenoxy) is 3. The molecule has 0 unspecified atom stereocenters. The van der Waals surface area contributed by atoms with Crippen LogP contribution in [0, 0.1) is 0 Å². The van der Waals surface area contributed by atoms with E-state index in [1.165, 1.54) is 11.1 Å². The standard InChI is InChI=1S/C26H24N4O3S/c1-31-22-13-17(14-23(32-2)25(22)33-3)15-24-27-28-26-30(24)29-21(16-34-26)20-11-9-19(10-12-20)18-7-5-4-6-8-18/h4-14H,15-16H2,1-3H3. The van der Waals surface area contributed by atoms with Gasteiger partial charge in [-0.05, 0) is 34.4 Å². The molecule has 0 spiro atoms. The van der Waals surface area contributed by atoms with E-state index < -0.39 is 0 Å². The molecule has 0 fully saturated rings. The van der Waals surface area contributed by atoms with E-state index in [9.17, 15) is 0 Å². The summed E-state index contributed by atoms with van der Waals surface area (Å²) in [5.41, 5.74) is 5.42. The van der Waals surface area contributed by atoms with Gasteiger partial charge in [-0.25, -0.2) is 0 Å². The molecule has 2 heterocycles. The number of fused-ring (bicyclic) bond motifs is 1. The molecule has 1 aromatic heterocycles. The number of hydrogen-bond acceptors (Lipinski definition) is 7. The van der Waals surface area contributed by atoms with Crippen molar-refractivity contribution in [2.45, 2.75) is 11.6 Å². The molecule has 0 bridgehead atoms. The van der Waals surface area contributed by atoms with Gasteiger partial charge in [-0.3, -0.25) is 0 Å².